The Morgan fingerprint density at radius 2 is 1.88 bits per heavy atom. The molecule has 0 spiro atoms. The summed E-state index contributed by atoms with van der Waals surface area (Å²) < 4.78 is 0. The van der Waals surface area contributed by atoms with Crippen molar-refractivity contribution >= 4 is 0 Å². The van der Waals surface area contributed by atoms with E-state index in [1.54, 1.807) is 0 Å². The van der Waals surface area contributed by atoms with Gasteiger partial charge in [-0.2, -0.15) is 0 Å². The smallest absolute Gasteiger partial charge is 0.0244 e. The van der Waals surface area contributed by atoms with Crippen molar-refractivity contribution < 1.29 is 0 Å². The summed E-state index contributed by atoms with van der Waals surface area (Å²) in [7, 11) is 0. The van der Waals surface area contributed by atoms with Gasteiger partial charge in [-0.1, -0.05) is 41.0 Å². The Morgan fingerprint density at radius 1 is 1.29 bits per heavy atom. The summed E-state index contributed by atoms with van der Waals surface area (Å²) in [5.41, 5.74) is 0.355. The number of nitrogens with one attached hydrogen (secondary N) is 1. The maximum Gasteiger partial charge on any atom is 0.0244 e. The van der Waals surface area contributed by atoms with Crippen LogP contribution in [0.1, 0.15) is 54.9 Å². The highest BCUT2D eigenvalue weighted by Crippen LogP contribution is 2.26. The van der Waals surface area contributed by atoms with Gasteiger partial charge >= 0.3 is 0 Å². The first-order valence-electron chi connectivity index (χ1n) is 7.26. The number of nitrogens with zero attached hydrogens (tertiary/aromatic N) is 1. The Morgan fingerprint density at radius 3 is 2.35 bits per heavy atom. The van der Waals surface area contributed by atoms with Gasteiger partial charge in [-0.3, -0.25) is 4.90 Å². The van der Waals surface area contributed by atoms with E-state index in [2.05, 4.69) is 58.7 Å². The molecule has 0 aromatic rings. The summed E-state index contributed by atoms with van der Waals surface area (Å²) in [5.74, 6) is 0.788. The normalized spacial score (nSPS) is 31.2. The molecule has 0 radical (unpaired) electrons. The lowest BCUT2D eigenvalue weighted by Gasteiger charge is -2.47. The van der Waals surface area contributed by atoms with Crippen molar-refractivity contribution in [2.24, 2.45) is 11.3 Å². The second-order valence-corrected chi connectivity index (χ2v) is 7.00. The zero-order chi connectivity index (χ0) is 13.2. The molecule has 4 atom stereocenters. The lowest BCUT2D eigenvalue weighted by molar-refractivity contribution is 0.0429. The molecule has 0 saturated carbocycles. The first-order chi connectivity index (χ1) is 7.77. The number of rotatable bonds is 3. The summed E-state index contributed by atoms with van der Waals surface area (Å²) in [4.78, 5) is 2.71. The zero-order valence-electron chi connectivity index (χ0n) is 12.9. The van der Waals surface area contributed by atoms with Gasteiger partial charge in [0, 0.05) is 31.2 Å². The molecule has 1 saturated heterocycles. The van der Waals surface area contributed by atoms with E-state index < -0.39 is 0 Å². The van der Waals surface area contributed by atoms with Crippen molar-refractivity contribution in [1.82, 2.24) is 10.2 Å². The van der Waals surface area contributed by atoms with E-state index >= 15 is 0 Å². The summed E-state index contributed by atoms with van der Waals surface area (Å²) in [6.07, 6.45) is 1.28. The third kappa shape index (κ3) is 3.69. The Kier molecular flexibility index (Phi) is 5.03. The number of piperazine rings is 1. The highest BCUT2D eigenvalue weighted by molar-refractivity contribution is 4.92. The molecule has 0 aromatic heterocycles. The highest BCUT2D eigenvalue weighted by atomic mass is 15.3. The average Bonchev–Trinajstić information content (AvgIpc) is 2.26. The molecule has 1 N–H and O–H groups in total. The molecule has 1 rings (SSSR count). The van der Waals surface area contributed by atoms with E-state index in [4.69, 9.17) is 0 Å². The average molecular weight is 240 g/mol. The van der Waals surface area contributed by atoms with E-state index in [0.717, 1.165) is 12.5 Å². The fraction of sp³-hybridized carbons (Fsp3) is 1.00. The van der Waals surface area contributed by atoms with Crippen molar-refractivity contribution in [3.8, 4) is 0 Å². The molecule has 102 valence electrons. The molecule has 0 amide bonds. The minimum atomic E-state index is 0.355. The van der Waals surface area contributed by atoms with Crippen molar-refractivity contribution in [3.05, 3.63) is 0 Å². The van der Waals surface area contributed by atoms with E-state index in [1.807, 2.05) is 0 Å². The standard InChI is InChI=1S/C15H32N2/c1-8-11(2)13(4)17-10-14(15(5,6)7)16-9-12(17)3/h11-14,16H,8-10H2,1-7H3. The quantitative estimate of drug-likeness (QED) is 0.815. The lowest BCUT2D eigenvalue weighted by Crippen LogP contribution is -2.62. The van der Waals surface area contributed by atoms with E-state index in [-0.39, 0.29) is 0 Å². The SMILES string of the molecule is CCC(C)C(C)N1CC(C(C)(C)C)NCC1C. The molecule has 1 fully saturated rings. The third-order valence-corrected chi connectivity index (χ3v) is 4.66. The van der Waals surface area contributed by atoms with Crippen LogP contribution in [0.5, 0.6) is 0 Å². The minimum absolute atomic E-state index is 0.355. The first kappa shape index (κ1) is 15.0. The fourth-order valence-electron chi connectivity index (χ4n) is 2.70. The molecule has 0 bridgehead atoms. The van der Waals surface area contributed by atoms with E-state index in [9.17, 15) is 0 Å². The van der Waals surface area contributed by atoms with Gasteiger partial charge < -0.3 is 5.32 Å². The molecule has 4 unspecified atom stereocenters. The largest absolute Gasteiger partial charge is 0.311 e. The molecule has 2 nitrogen and oxygen atoms in total. The number of hydrogen-bond donors (Lipinski definition) is 1. The zero-order valence-corrected chi connectivity index (χ0v) is 12.9. The Bertz CT molecular complexity index is 232. The molecule has 0 aromatic carbocycles. The second-order valence-electron chi connectivity index (χ2n) is 7.00. The topological polar surface area (TPSA) is 15.3 Å². The molecular weight excluding hydrogens is 208 g/mol. The van der Waals surface area contributed by atoms with Crippen LogP contribution < -0.4 is 5.32 Å². The van der Waals surface area contributed by atoms with Gasteiger partial charge in [-0.05, 0) is 25.2 Å². The third-order valence-electron chi connectivity index (χ3n) is 4.66. The Hall–Kier alpha value is -0.0800. The van der Waals surface area contributed by atoms with Gasteiger partial charge in [0.25, 0.3) is 0 Å². The van der Waals surface area contributed by atoms with Crippen LogP contribution in [0.3, 0.4) is 0 Å². The van der Waals surface area contributed by atoms with Crippen LogP contribution in [-0.2, 0) is 0 Å². The Labute approximate surface area is 108 Å². The van der Waals surface area contributed by atoms with Crippen LogP contribution in [0.25, 0.3) is 0 Å². The van der Waals surface area contributed by atoms with Gasteiger partial charge in [0.2, 0.25) is 0 Å². The fourth-order valence-corrected chi connectivity index (χ4v) is 2.70. The van der Waals surface area contributed by atoms with Crippen molar-refractivity contribution in [3.63, 3.8) is 0 Å². The van der Waals surface area contributed by atoms with E-state index in [1.165, 1.54) is 13.0 Å². The molecule has 1 heterocycles. The summed E-state index contributed by atoms with van der Waals surface area (Å²) in [6.45, 7) is 18.8. The maximum atomic E-state index is 3.71. The van der Waals surface area contributed by atoms with Gasteiger partial charge in [0.1, 0.15) is 0 Å². The van der Waals surface area contributed by atoms with Gasteiger partial charge in [0.05, 0.1) is 0 Å². The van der Waals surface area contributed by atoms with Crippen LogP contribution >= 0.6 is 0 Å². The molecule has 0 aliphatic carbocycles. The van der Waals surface area contributed by atoms with Gasteiger partial charge in [-0.15, -0.1) is 0 Å². The molecule has 1 aliphatic heterocycles. The van der Waals surface area contributed by atoms with Gasteiger partial charge in [0.15, 0.2) is 0 Å². The molecule has 2 heteroatoms. The molecular formula is C15H32N2. The van der Waals surface area contributed by atoms with E-state index in [0.29, 0.717) is 23.5 Å². The predicted molar refractivity (Wildman–Crippen MR) is 76.3 cm³/mol. The van der Waals surface area contributed by atoms with Crippen LogP contribution in [0.2, 0.25) is 0 Å². The monoisotopic (exact) mass is 240 g/mol. The minimum Gasteiger partial charge on any atom is -0.311 e. The van der Waals surface area contributed by atoms with Crippen LogP contribution in [0.15, 0.2) is 0 Å². The summed E-state index contributed by atoms with van der Waals surface area (Å²) >= 11 is 0. The number of hydrogen-bond acceptors (Lipinski definition) is 2. The van der Waals surface area contributed by atoms with Gasteiger partial charge in [-0.25, -0.2) is 0 Å². The molecule has 1 aliphatic rings. The van der Waals surface area contributed by atoms with Crippen molar-refractivity contribution in [2.45, 2.75) is 73.0 Å². The van der Waals surface area contributed by atoms with Crippen LogP contribution in [0.4, 0.5) is 0 Å². The summed E-state index contributed by atoms with van der Waals surface area (Å²) in [5, 5.41) is 3.71. The van der Waals surface area contributed by atoms with Crippen LogP contribution in [-0.4, -0.2) is 36.1 Å². The highest BCUT2D eigenvalue weighted by Gasteiger charge is 2.35. The summed E-state index contributed by atoms with van der Waals surface area (Å²) in [6, 6.07) is 1.98. The van der Waals surface area contributed by atoms with Crippen molar-refractivity contribution in [1.29, 1.82) is 0 Å². The van der Waals surface area contributed by atoms with Crippen molar-refractivity contribution in [2.75, 3.05) is 13.1 Å². The first-order valence-corrected chi connectivity index (χ1v) is 7.26. The molecule has 17 heavy (non-hydrogen) atoms. The predicted octanol–water partition coefficient (Wildman–Crippen LogP) is 3.13. The maximum absolute atomic E-state index is 3.71. The van der Waals surface area contributed by atoms with Crippen LogP contribution in [0, 0.1) is 11.3 Å². The second kappa shape index (κ2) is 5.71. The Balaban J connectivity index is 2.70. The lowest BCUT2D eigenvalue weighted by atomic mass is 9.83.